The molecule has 9 heteroatoms. The molecular formula is C10H9F3N4OS. The number of aliphatic hydroxyl groups is 1. The van der Waals surface area contributed by atoms with Gasteiger partial charge in [-0.25, -0.2) is 15.0 Å². The second kappa shape index (κ2) is 5.49. The molecule has 2 aromatic heterocycles. The van der Waals surface area contributed by atoms with Crippen LogP contribution in [0.3, 0.4) is 0 Å². The Kier molecular flexibility index (Phi) is 3.96. The Morgan fingerprint density at radius 2 is 2.11 bits per heavy atom. The molecule has 2 N–H and O–H groups in total. The van der Waals surface area contributed by atoms with Crippen molar-refractivity contribution < 1.29 is 18.3 Å². The van der Waals surface area contributed by atoms with Crippen LogP contribution < -0.4 is 5.32 Å². The lowest BCUT2D eigenvalue weighted by atomic mass is 10.4. The summed E-state index contributed by atoms with van der Waals surface area (Å²) >= 11 is 1.29. The van der Waals surface area contributed by atoms with Crippen molar-refractivity contribution in [1.82, 2.24) is 15.0 Å². The molecule has 0 saturated carbocycles. The van der Waals surface area contributed by atoms with E-state index in [-0.39, 0.29) is 19.1 Å². The Bertz CT molecular complexity index is 558. The SMILES string of the molecule is OCc1csc(CNc2nccc(C(F)(F)F)n2)n1. The van der Waals surface area contributed by atoms with E-state index in [1.165, 1.54) is 11.3 Å². The van der Waals surface area contributed by atoms with Gasteiger partial charge >= 0.3 is 6.18 Å². The molecule has 0 aromatic carbocycles. The van der Waals surface area contributed by atoms with Gasteiger partial charge in [0.05, 0.1) is 18.8 Å². The minimum Gasteiger partial charge on any atom is -0.390 e. The van der Waals surface area contributed by atoms with Crippen LogP contribution in [0.25, 0.3) is 0 Å². The van der Waals surface area contributed by atoms with E-state index in [0.29, 0.717) is 10.7 Å². The van der Waals surface area contributed by atoms with Crippen LogP contribution in [0.2, 0.25) is 0 Å². The third-order valence-corrected chi connectivity index (χ3v) is 3.00. The summed E-state index contributed by atoms with van der Waals surface area (Å²) in [7, 11) is 0. The second-order valence-corrected chi connectivity index (χ2v) is 4.45. The zero-order chi connectivity index (χ0) is 13.9. The predicted octanol–water partition coefficient (Wildman–Crippen LogP) is 2.06. The van der Waals surface area contributed by atoms with Gasteiger partial charge in [-0.3, -0.25) is 0 Å². The van der Waals surface area contributed by atoms with Crippen LogP contribution in [0.4, 0.5) is 19.1 Å². The Morgan fingerprint density at radius 3 is 2.74 bits per heavy atom. The minimum absolute atomic E-state index is 0.115. The largest absolute Gasteiger partial charge is 0.433 e. The molecule has 0 amide bonds. The number of hydrogen-bond acceptors (Lipinski definition) is 6. The van der Waals surface area contributed by atoms with Gasteiger partial charge in [0.1, 0.15) is 10.7 Å². The topological polar surface area (TPSA) is 70.9 Å². The molecule has 0 fully saturated rings. The van der Waals surface area contributed by atoms with Crippen LogP contribution >= 0.6 is 11.3 Å². The molecule has 0 aliphatic rings. The van der Waals surface area contributed by atoms with Gasteiger partial charge in [0.25, 0.3) is 0 Å². The molecule has 5 nitrogen and oxygen atoms in total. The molecule has 0 aliphatic carbocycles. The van der Waals surface area contributed by atoms with E-state index in [4.69, 9.17) is 5.11 Å². The number of aromatic nitrogens is 3. The highest BCUT2D eigenvalue weighted by molar-refractivity contribution is 7.09. The Labute approximate surface area is 110 Å². The second-order valence-electron chi connectivity index (χ2n) is 3.51. The van der Waals surface area contributed by atoms with Gasteiger partial charge in [-0.05, 0) is 6.07 Å². The number of thiazole rings is 1. The van der Waals surface area contributed by atoms with Crippen LogP contribution in [-0.4, -0.2) is 20.1 Å². The van der Waals surface area contributed by atoms with Gasteiger partial charge in [0, 0.05) is 11.6 Å². The monoisotopic (exact) mass is 290 g/mol. The number of aliphatic hydroxyl groups excluding tert-OH is 1. The van der Waals surface area contributed by atoms with E-state index in [1.807, 2.05) is 0 Å². The first-order valence-electron chi connectivity index (χ1n) is 5.17. The molecule has 0 unspecified atom stereocenters. The summed E-state index contributed by atoms with van der Waals surface area (Å²) in [5.74, 6) is -0.115. The molecule has 0 spiro atoms. The Balaban J connectivity index is 2.03. The Morgan fingerprint density at radius 1 is 1.32 bits per heavy atom. The molecule has 0 atom stereocenters. The summed E-state index contributed by atoms with van der Waals surface area (Å²) in [6, 6.07) is 0.804. The highest BCUT2D eigenvalue weighted by atomic mass is 32.1. The van der Waals surface area contributed by atoms with Crippen molar-refractivity contribution in [1.29, 1.82) is 0 Å². The number of nitrogens with one attached hydrogen (secondary N) is 1. The summed E-state index contributed by atoms with van der Waals surface area (Å²) in [5, 5.41) is 13.8. The molecule has 0 aliphatic heterocycles. The van der Waals surface area contributed by atoms with Crippen molar-refractivity contribution >= 4 is 17.3 Å². The molecule has 0 saturated heterocycles. The number of nitrogens with zero attached hydrogens (tertiary/aromatic N) is 3. The van der Waals surface area contributed by atoms with Crippen molar-refractivity contribution in [3.63, 3.8) is 0 Å². The van der Waals surface area contributed by atoms with E-state index in [9.17, 15) is 13.2 Å². The van der Waals surface area contributed by atoms with E-state index in [1.54, 1.807) is 5.38 Å². The molecule has 102 valence electrons. The molecule has 2 rings (SSSR count). The molecular weight excluding hydrogens is 281 g/mol. The lowest BCUT2D eigenvalue weighted by molar-refractivity contribution is -0.141. The van der Waals surface area contributed by atoms with Crippen LogP contribution in [-0.2, 0) is 19.3 Å². The fraction of sp³-hybridized carbons (Fsp3) is 0.300. The summed E-state index contributed by atoms with van der Waals surface area (Å²) in [5.41, 5.74) is -0.480. The summed E-state index contributed by atoms with van der Waals surface area (Å²) in [4.78, 5) is 11.1. The maximum Gasteiger partial charge on any atom is 0.433 e. The zero-order valence-electron chi connectivity index (χ0n) is 9.48. The Hall–Kier alpha value is -1.74. The highest BCUT2D eigenvalue weighted by Crippen LogP contribution is 2.27. The maximum absolute atomic E-state index is 12.4. The number of alkyl halides is 3. The number of hydrogen-bond donors (Lipinski definition) is 2. The fourth-order valence-electron chi connectivity index (χ4n) is 1.26. The van der Waals surface area contributed by atoms with Gasteiger partial charge in [0.2, 0.25) is 5.95 Å². The van der Waals surface area contributed by atoms with Crippen LogP contribution in [0.15, 0.2) is 17.6 Å². The molecule has 0 bridgehead atoms. The van der Waals surface area contributed by atoms with Crippen molar-refractivity contribution in [3.05, 3.63) is 34.0 Å². The summed E-state index contributed by atoms with van der Waals surface area (Å²) in [6.07, 6.45) is -3.45. The quantitative estimate of drug-likeness (QED) is 0.902. The smallest absolute Gasteiger partial charge is 0.390 e. The van der Waals surface area contributed by atoms with Gasteiger partial charge < -0.3 is 10.4 Å². The van der Waals surface area contributed by atoms with Crippen molar-refractivity contribution in [2.24, 2.45) is 0 Å². The minimum atomic E-state index is -4.50. The normalized spacial score (nSPS) is 11.6. The molecule has 0 radical (unpaired) electrons. The van der Waals surface area contributed by atoms with Crippen LogP contribution in [0.1, 0.15) is 16.4 Å². The first-order chi connectivity index (χ1) is 8.99. The average Bonchev–Trinajstić information content (AvgIpc) is 2.84. The van der Waals surface area contributed by atoms with Gasteiger partial charge in [-0.1, -0.05) is 0 Å². The van der Waals surface area contributed by atoms with Crippen molar-refractivity contribution in [3.8, 4) is 0 Å². The number of rotatable bonds is 4. The van der Waals surface area contributed by atoms with Crippen LogP contribution in [0, 0.1) is 0 Å². The standard InChI is InChI=1S/C10H9F3N4OS/c11-10(12,13)7-1-2-14-9(17-7)15-3-8-16-6(4-18)5-19-8/h1-2,5,18H,3-4H2,(H,14,15,17). The fourth-order valence-corrected chi connectivity index (χ4v) is 1.98. The third kappa shape index (κ3) is 3.61. The summed E-state index contributed by atoms with van der Waals surface area (Å²) < 4.78 is 37.3. The predicted molar refractivity (Wildman–Crippen MR) is 62.4 cm³/mol. The zero-order valence-corrected chi connectivity index (χ0v) is 10.3. The highest BCUT2D eigenvalue weighted by Gasteiger charge is 2.32. The molecule has 2 heterocycles. The van der Waals surface area contributed by atoms with Gasteiger partial charge in [-0.15, -0.1) is 11.3 Å². The van der Waals surface area contributed by atoms with E-state index in [0.717, 1.165) is 12.3 Å². The van der Waals surface area contributed by atoms with Gasteiger partial charge in [0.15, 0.2) is 0 Å². The lowest BCUT2D eigenvalue weighted by Gasteiger charge is -2.07. The van der Waals surface area contributed by atoms with Crippen LogP contribution in [0.5, 0.6) is 0 Å². The first-order valence-corrected chi connectivity index (χ1v) is 6.05. The molecule has 2 aromatic rings. The average molecular weight is 290 g/mol. The third-order valence-electron chi connectivity index (χ3n) is 2.11. The van der Waals surface area contributed by atoms with E-state index < -0.39 is 11.9 Å². The van der Waals surface area contributed by atoms with Crippen molar-refractivity contribution in [2.45, 2.75) is 19.3 Å². The van der Waals surface area contributed by atoms with E-state index >= 15 is 0 Å². The maximum atomic E-state index is 12.4. The van der Waals surface area contributed by atoms with Gasteiger partial charge in [-0.2, -0.15) is 13.2 Å². The first kappa shape index (κ1) is 13.7. The molecule has 19 heavy (non-hydrogen) atoms. The summed E-state index contributed by atoms with van der Waals surface area (Å²) in [6.45, 7) is 0.0303. The van der Waals surface area contributed by atoms with Crippen molar-refractivity contribution in [2.75, 3.05) is 5.32 Å². The number of halogens is 3. The van der Waals surface area contributed by atoms with E-state index in [2.05, 4.69) is 20.3 Å². The lowest BCUT2D eigenvalue weighted by Crippen LogP contribution is -2.11. The number of anilines is 1.